The van der Waals surface area contributed by atoms with Gasteiger partial charge in [0.05, 0.1) is 5.75 Å². The van der Waals surface area contributed by atoms with Crippen LogP contribution in [0.25, 0.3) is 0 Å². The van der Waals surface area contributed by atoms with E-state index in [4.69, 9.17) is 0 Å². The van der Waals surface area contributed by atoms with Crippen molar-refractivity contribution in [3.8, 4) is 0 Å². The van der Waals surface area contributed by atoms with Gasteiger partial charge in [-0.25, -0.2) is 0 Å². The number of aromatic nitrogens is 3. The Labute approximate surface area is 183 Å². The van der Waals surface area contributed by atoms with E-state index in [1.54, 1.807) is 0 Å². The third kappa shape index (κ3) is 4.66. The number of hydrogen-bond acceptors (Lipinski definition) is 5. The number of aryl methyl sites for hydroxylation is 1. The predicted molar refractivity (Wildman–Crippen MR) is 124 cm³/mol. The van der Waals surface area contributed by atoms with Gasteiger partial charge < -0.3 is 10.2 Å². The lowest BCUT2D eigenvalue weighted by Crippen LogP contribution is -2.34. The molecule has 4 rings (SSSR count). The van der Waals surface area contributed by atoms with Crippen molar-refractivity contribution in [2.24, 2.45) is 5.92 Å². The number of carbonyl (C=O) groups excluding carboxylic acids is 1. The standard InChI is InChI=1S/C23H33N5OS/c1-15(2)19-7-5-6-17(4)21(19)24-20(29)14-30-23-26-25-22(28(23)18-8-9-18)27-12-10-16(3)11-13-27/h5-7,15-16,18H,8-14H2,1-4H3,(H,24,29). The molecule has 1 saturated carbocycles. The molecule has 6 nitrogen and oxygen atoms in total. The van der Waals surface area contributed by atoms with Crippen LogP contribution in [-0.2, 0) is 4.79 Å². The van der Waals surface area contributed by atoms with E-state index in [9.17, 15) is 4.79 Å². The smallest absolute Gasteiger partial charge is 0.234 e. The van der Waals surface area contributed by atoms with Crippen LogP contribution in [0.15, 0.2) is 23.4 Å². The summed E-state index contributed by atoms with van der Waals surface area (Å²) in [6.45, 7) is 10.8. The molecular formula is C23H33N5OS. The second-order valence-electron chi connectivity index (χ2n) is 9.08. The van der Waals surface area contributed by atoms with Crippen molar-refractivity contribution < 1.29 is 4.79 Å². The number of piperidine rings is 1. The number of nitrogens with zero attached hydrogens (tertiary/aromatic N) is 4. The first-order valence-corrected chi connectivity index (χ1v) is 12.1. The van der Waals surface area contributed by atoms with E-state index in [0.29, 0.717) is 17.7 Å². The van der Waals surface area contributed by atoms with Crippen molar-refractivity contribution in [1.82, 2.24) is 14.8 Å². The maximum Gasteiger partial charge on any atom is 0.234 e. The van der Waals surface area contributed by atoms with Crippen LogP contribution in [0.4, 0.5) is 11.6 Å². The van der Waals surface area contributed by atoms with Crippen LogP contribution < -0.4 is 10.2 Å². The van der Waals surface area contributed by atoms with Crippen LogP contribution in [0, 0.1) is 12.8 Å². The zero-order valence-corrected chi connectivity index (χ0v) is 19.3. The zero-order valence-electron chi connectivity index (χ0n) is 18.5. The summed E-state index contributed by atoms with van der Waals surface area (Å²) in [7, 11) is 0. The number of carbonyl (C=O) groups is 1. The van der Waals surface area contributed by atoms with Crippen LogP contribution in [0.3, 0.4) is 0 Å². The summed E-state index contributed by atoms with van der Waals surface area (Å²) in [4.78, 5) is 15.1. The Balaban J connectivity index is 1.44. The minimum absolute atomic E-state index is 0.00916. The normalized spacial score (nSPS) is 17.6. The lowest BCUT2D eigenvalue weighted by atomic mass is 9.98. The lowest BCUT2D eigenvalue weighted by molar-refractivity contribution is -0.113. The summed E-state index contributed by atoms with van der Waals surface area (Å²) in [6, 6.07) is 6.68. The molecule has 1 amide bonds. The first-order valence-electron chi connectivity index (χ1n) is 11.2. The summed E-state index contributed by atoms with van der Waals surface area (Å²) in [5, 5.41) is 13.0. The number of para-hydroxylation sites is 1. The maximum atomic E-state index is 12.8. The number of amides is 1. The van der Waals surface area contributed by atoms with Gasteiger partial charge >= 0.3 is 0 Å². The first-order chi connectivity index (χ1) is 14.4. The van der Waals surface area contributed by atoms with E-state index < -0.39 is 0 Å². The Kier molecular flexibility index (Phi) is 6.37. The second-order valence-corrected chi connectivity index (χ2v) is 10.0. The van der Waals surface area contributed by atoms with Crippen LogP contribution in [-0.4, -0.2) is 39.5 Å². The molecule has 2 fully saturated rings. The van der Waals surface area contributed by atoms with Gasteiger partial charge in [-0.2, -0.15) is 0 Å². The van der Waals surface area contributed by atoms with Crippen molar-refractivity contribution in [2.75, 3.05) is 29.1 Å². The summed E-state index contributed by atoms with van der Waals surface area (Å²) in [5.74, 6) is 2.49. The van der Waals surface area contributed by atoms with E-state index >= 15 is 0 Å². The third-order valence-electron chi connectivity index (χ3n) is 6.15. The highest BCUT2D eigenvalue weighted by Gasteiger charge is 2.32. The Morgan fingerprint density at radius 2 is 1.93 bits per heavy atom. The highest BCUT2D eigenvalue weighted by atomic mass is 32.2. The molecule has 0 spiro atoms. The summed E-state index contributed by atoms with van der Waals surface area (Å²) in [5.41, 5.74) is 3.23. The molecule has 30 heavy (non-hydrogen) atoms. The molecule has 1 N–H and O–H groups in total. The van der Waals surface area contributed by atoms with Crippen LogP contribution in [0.1, 0.15) is 69.5 Å². The first kappa shape index (κ1) is 21.2. The molecule has 7 heteroatoms. The fourth-order valence-corrected chi connectivity index (χ4v) is 4.89. The van der Waals surface area contributed by atoms with E-state index in [-0.39, 0.29) is 5.91 Å². The zero-order chi connectivity index (χ0) is 21.3. The quantitative estimate of drug-likeness (QED) is 0.629. The SMILES string of the molecule is Cc1cccc(C(C)C)c1NC(=O)CSc1nnc(N2CCC(C)CC2)n1C1CC1. The Hall–Kier alpha value is -2.02. The number of nitrogens with one attached hydrogen (secondary N) is 1. The van der Waals surface area contributed by atoms with Crippen LogP contribution >= 0.6 is 11.8 Å². The van der Waals surface area contributed by atoms with E-state index in [0.717, 1.165) is 41.4 Å². The fraction of sp³-hybridized carbons (Fsp3) is 0.609. The van der Waals surface area contributed by atoms with Gasteiger partial charge in [0.25, 0.3) is 0 Å². The van der Waals surface area contributed by atoms with Crippen molar-refractivity contribution in [1.29, 1.82) is 0 Å². The maximum absolute atomic E-state index is 12.8. The van der Waals surface area contributed by atoms with Crippen LogP contribution in [0.2, 0.25) is 0 Å². The Bertz CT molecular complexity index is 897. The minimum atomic E-state index is 0.00916. The largest absolute Gasteiger partial charge is 0.341 e. The van der Waals surface area contributed by atoms with Crippen molar-refractivity contribution in [2.45, 2.75) is 70.5 Å². The molecule has 0 unspecified atom stereocenters. The molecule has 1 saturated heterocycles. The van der Waals surface area contributed by atoms with E-state index in [2.05, 4.69) is 57.9 Å². The lowest BCUT2D eigenvalue weighted by Gasteiger charge is -2.31. The molecule has 1 aliphatic heterocycles. The highest BCUT2D eigenvalue weighted by molar-refractivity contribution is 7.99. The number of hydrogen-bond donors (Lipinski definition) is 1. The molecule has 0 atom stereocenters. The molecule has 1 aromatic carbocycles. The van der Waals surface area contributed by atoms with E-state index in [1.807, 2.05) is 13.0 Å². The molecule has 2 aromatic rings. The van der Waals surface area contributed by atoms with Gasteiger partial charge in [-0.05, 0) is 55.6 Å². The summed E-state index contributed by atoms with van der Waals surface area (Å²) in [6.07, 6.45) is 4.76. The van der Waals surface area contributed by atoms with E-state index in [1.165, 1.54) is 43.0 Å². The van der Waals surface area contributed by atoms with Gasteiger partial charge in [0.2, 0.25) is 11.9 Å². The molecule has 2 heterocycles. The van der Waals surface area contributed by atoms with Crippen LogP contribution in [0.5, 0.6) is 0 Å². The van der Waals surface area contributed by atoms with Crippen molar-refractivity contribution in [3.05, 3.63) is 29.3 Å². The van der Waals surface area contributed by atoms with Gasteiger partial charge in [0, 0.05) is 24.8 Å². The average molecular weight is 428 g/mol. The summed E-state index contributed by atoms with van der Waals surface area (Å²) >= 11 is 1.50. The summed E-state index contributed by atoms with van der Waals surface area (Å²) < 4.78 is 2.28. The predicted octanol–water partition coefficient (Wildman–Crippen LogP) is 5.01. The molecule has 1 aromatic heterocycles. The minimum Gasteiger partial charge on any atom is -0.341 e. The van der Waals surface area contributed by atoms with Crippen molar-refractivity contribution >= 4 is 29.3 Å². The Morgan fingerprint density at radius 1 is 1.20 bits per heavy atom. The molecule has 0 bridgehead atoms. The second kappa shape index (κ2) is 9.00. The third-order valence-corrected chi connectivity index (χ3v) is 7.09. The fourth-order valence-electron chi connectivity index (χ4n) is 4.09. The number of rotatable bonds is 7. The monoisotopic (exact) mass is 427 g/mol. The van der Waals surface area contributed by atoms with Gasteiger partial charge in [-0.1, -0.05) is 50.7 Å². The highest BCUT2D eigenvalue weighted by Crippen LogP contribution is 2.41. The molecular weight excluding hydrogens is 394 g/mol. The van der Waals surface area contributed by atoms with Gasteiger partial charge in [0.15, 0.2) is 5.16 Å². The molecule has 0 radical (unpaired) electrons. The van der Waals surface area contributed by atoms with Gasteiger partial charge in [-0.15, -0.1) is 10.2 Å². The number of anilines is 2. The number of benzene rings is 1. The molecule has 2 aliphatic rings. The topological polar surface area (TPSA) is 63.1 Å². The molecule has 1 aliphatic carbocycles. The van der Waals surface area contributed by atoms with Crippen molar-refractivity contribution in [3.63, 3.8) is 0 Å². The Morgan fingerprint density at radius 3 is 2.60 bits per heavy atom. The molecule has 162 valence electrons. The van der Waals surface area contributed by atoms with Gasteiger partial charge in [0.1, 0.15) is 0 Å². The number of thioether (sulfide) groups is 1. The van der Waals surface area contributed by atoms with Gasteiger partial charge in [-0.3, -0.25) is 9.36 Å². The average Bonchev–Trinajstić information content (AvgIpc) is 3.47.